The zero-order chi connectivity index (χ0) is 14.2. The molecule has 0 aromatic heterocycles. The molecule has 0 spiro atoms. The van der Waals surface area contributed by atoms with Crippen LogP contribution in [0.2, 0.25) is 0 Å². The summed E-state index contributed by atoms with van der Waals surface area (Å²) in [4.78, 5) is 22.3. The molecule has 0 saturated carbocycles. The van der Waals surface area contributed by atoms with Crippen molar-refractivity contribution >= 4 is 81.2 Å². The number of esters is 2. The summed E-state index contributed by atoms with van der Waals surface area (Å²) in [5.41, 5.74) is 0. The molecule has 0 aliphatic heterocycles. The molecular weight excluding hydrogens is 318 g/mol. The van der Waals surface area contributed by atoms with Crippen LogP contribution in [0.15, 0.2) is 0 Å². The fourth-order valence-electron chi connectivity index (χ4n) is 0.919. The summed E-state index contributed by atoms with van der Waals surface area (Å²) >= 11 is 0. The zero-order valence-electron chi connectivity index (χ0n) is 9.31. The summed E-state index contributed by atoms with van der Waals surface area (Å²) in [5.74, 6) is -2.46. The Morgan fingerprint density at radius 2 is 1.45 bits per heavy atom. The molecule has 0 aliphatic rings. The third-order valence-electron chi connectivity index (χ3n) is 1.66. The van der Waals surface area contributed by atoms with Gasteiger partial charge in [0, 0.05) is 0 Å². The minimum atomic E-state index is -4.83. The van der Waals surface area contributed by atoms with Crippen LogP contribution < -0.4 is 0 Å². The van der Waals surface area contributed by atoms with Crippen molar-refractivity contribution in [2.75, 3.05) is 26.4 Å². The predicted molar refractivity (Wildman–Crippen MR) is 70.3 cm³/mol. The molecule has 0 aliphatic carbocycles. The van der Waals surface area contributed by atoms with Crippen LogP contribution in [-0.2, 0) is 29.2 Å². The second-order valence-electron chi connectivity index (χ2n) is 3.04. The van der Waals surface area contributed by atoms with Crippen molar-refractivity contribution in [1.29, 1.82) is 0 Å². The topological polar surface area (TPSA) is 147 Å². The first-order valence-corrected chi connectivity index (χ1v) is 6.33. The molecule has 0 radical (unpaired) electrons. The van der Waals surface area contributed by atoms with Gasteiger partial charge in [-0.1, -0.05) is 0 Å². The van der Waals surface area contributed by atoms with Crippen molar-refractivity contribution in [1.82, 2.24) is 0 Å². The van der Waals surface area contributed by atoms with E-state index in [1.54, 1.807) is 0 Å². The summed E-state index contributed by atoms with van der Waals surface area (Å²) in [5, 5.41) is 14.6. The average Bonchev–Trinajstić information content (AvgIpc) is 2.28. The van der Waals surface area contributed by atoms with E-state index in [1.807, 2.05) is 0 Å². The van der Waals surface area contributed by atoms with E-state index in [-0.39, 0.29) is 65.7 Å². The minimum absolute atomic E-state index is 0. The van der Waals surface area contributed by atoms with Crippen LogP contribution in [0.4, 0.5) is 0 Å². The quantitative estimate of drug-likeness (QED) is 0.233. The number of carbonyl (C=O) groups excluding carboxylic acids is 2. The number of aliphatic hydroxyl groups excluding tert-OH is 2. The fourth-order valence-corrected chi connectivity index (χ4v) is 1.58. The standard InChI is InChI=1S/C8H14O9S.2Na.2H/c9-1-3-16-7(11)5-6(18(13,14)15)8(12)17-4-2-10;;;;/h6,9-10H,1-5H2,(H,13,14,15);;;;. The van der Waals surface area contributed by atoms with Gasteiger partial charge in [-0.05, 0) is 0 Å². The Bertz CT molecular complexity index is 383. The van der Waals surface area contributed by atoms with E-state index in [4.69, 9.17) is 14.8 Å². The molecule has 0 bridgehead atoms. The normalized spacial score (nSPS) is 11.6. The van der Waals surface area contributed by atoms with Crippen LogP contribution in [0.1, 0.15) is 6.42 Å². The number of rotatable bonds is 8. The molecule has 1 unspecified atom stereocenters. The van der Waals surface area contributed by atoms with Crippen molar-refractivity contribution in [3.63, 3.8) is 0 Å². The summed E-state index contributed by atoms with van der Waals surface area (Å²) in [6, 6.07) is 0. The number of aliphatic hydroxyl groups is 2. The maximum absolute atomic E-state index is 11.2. The summed E-state index contributed by atoms with van der Waals surface area (Å²) in [7, 11) is -4.83. The van der Waals surface area contributed by atoms with Gasteiger partial charge < -0.3 is 19.7 Å². The molecule has 0 heterocycles. The van der Waals surface area contributed by atoms with Gasteiger partial charge in [0.05, 0.1) is 19.6 Å². The SMILES string of the molecule is O=C(CC(C(=O)OCCO)S(=O)(=O)O)OCCO.[NaH].[NaH]. The van der Waals surface area contributed by atoms with Gasteiger partial charge in [0.25, 0.3) is 10.1 Å². The molecule has 0 saturated heterocycles. The van der Waals surface area contributed by atoms with Crippen LogP contribution in [0.3, 0.4) is 0 Å². The van der Waals surface area contributed by atoms with Crippen LogP contribution in [0, 0.1) is 0 Å². The molecule has 0 fully saturated rings. The molecule has 0 aromatic rings. The van der Waals surface area contributed by atoms with Gasteiger partial charge >= 0.3 is 71.1 Å². The van der Waals surface area contributed by atoms with E-state index < -0.39 is 53.5 Å². The molecular formula is C8H16Na2O9S. The first-order chi connectivity index (χ1) is 8.32. The van der Waals surface area contributed by atoms with Crippen molar-refractivity contribution < 1.29 is 42.2 Å². The first-order valence-electron chi connectivity index (χ1n) is 4.83. The summed E-state index contributed by atoms with van der Waals surface area (Å²) < 4.78 is 39.2. The Morgan fingerprint density at radius 1 is 1.00 bits per heavy atom. The van der Waals surface area contributed by atoms with E-state index >= 15 is 0 Å². The maximum atomic E-state index is 11.2. The summed E-state index contributed by atoms with van der Waals surface area (Å²) in [6.45, 7) is -1.81. The molecule has 3 N–H and O–H groups in total. The Balaban J connectivity index is -0.00000144. The Morgan fingerprint density at radius 3 is 1.85 bits per heavy atom. The number of carbonyl (C=O) groups is 2. The van der Waals surface area contributed by atoms with Gasteiger partial charge in [0.1, 0.15) is 13.2 Å². The van der Waals surface area contributed by atoms with Crippen LogP contribution in [-0.4, -0.2) is 126 Å². The van der Waals surface area contributed by atoms with E-state index in [0.29, 0.717) is 0 Å². The Labute approximate surface area is 160 Å². The van der Waals surface area contributed by atoms with E-state index in [2.05, 4.69) is 9.47 Å². The van der Waals surface area contributed by atoms with Crippen molar-refractivity contribution in [3.05, 3.63) is 0 Å². The van der Waals surface area contributed by atoms with Gasteiger partial charge in [-0.25, -0.2) is 0 Å². The van der Waals surface area contributed by atoms with E-state index in [1.165, 1.54) is 0 Å². The zero-order valence-corrected chi connectivity index (χ0v) is 10.1. The third kappa shape index (κ3) is 11.4. The molecule has 12 heteroatoms. The van der Waals surface area contributed by atoms with Crippen molar-refractivity contribution in [3.8, 4) is 0 Å². The average molecular weight is 334 g/mol. The molecule has 9 nitrogen and oxygen atoms in total. The molecule has 1 atom stereocenters. The Hall–Kier alpha value is 0.770. The first kappa shape index (κ1) is 25.7. The van der Waals surface area contributed by atoms with Gasteiger partial charge in [-0.15, -0.1) is 0 Å². The Kier molecular flexibility index (Phi) is 17.3. The van der Waals surface area contributed by atoms with Gasteiger partial charge in [0.15, 0.2) is 5.25 Å². The van der Waals surface area contributed by atoms with Gasteiger partial charge in [0.2, 0.25) is 0 Å². The molecule has 110 valence electrons. The fraction of sp³-hybridized carbons (Fsp3) is 0.750. The number of ether oxygens (including phenoxy) is 2. The number of hydrogen-bond donors (Lipinski definition) is 3. The van der Waals surface area contributed by atoms with E-state index in [9.17, 15) is 18.0 Å². The molecule has 0 amide bonds. The van der Waals surface area contributed by atoms with Crippen molar-refractivity contribution in [2.24, 2.45) is 0 Å². The molecule has 0 rings (SSSR count). The second-order valence-corrected chi connectivity index (χ2v) is 4.64. The van der Waals surface area contributed by atoms with Crippen LogP contribution in [0.5, 0.6) is 0 Å². The third-order valence-corrected chi connectivity index (χ3v) is 2.74. The van der Waals surface area contributed by atoms with E-state index in [0.717, 1.165) is 0 Å². The molecule has 20 heavy (non-hydrogen) atoms. The second kappa shape index (κ2) is 13.4. The van der Waals surface area contributed by atoms with Crippen LogP contribution in [0.25, 0.3) is 0 Å². The number of hydrogen-bond acceptors (Lipinski definition) is 8. The van der Waals surface area contributed by atoms with Crippen molar-refractivity contribution in [2.45, 2.75) is 11.7 Å². The summed E-state index contributed by atoms with van der Waals surface area (Å²) in [6.07, 6.45) is -0.941. The molecule has 0 aromatic carbocycles. The van der Waals surface area contributed by atoms with Gasteiger partial charge in [-0.3, -0.25) is 14.1 Å². The van der Waals surface area contributed by atoms with Crippen LogP contribution >= 0.6 is 0 Å². The monoisotopic (exact) mass is 334 g/mol. The predicted octanol–water partition coefficient (Wildman–Crippen LogP) is -3.59. The van der Waals surface area contributed by atoms with Gasteiger partial charge in [-0.2, -0.15) is 8.42 Å².